The Bertz CT molecular complexity index is 979. The lowest BCUT2D eigenvalue weighted by atomic mass is 10.2. The van der Waals surface area contributed by atoms with Crippen molar-refractivity contribution in [2.75, 3.05) is 10.6 Å². The van der Waals surface area contributed by atoms with Crippen LogP contribution in [0.3, 0.4) is 0 Å². The number of rotatable bonds is 4. The van der Waals surface area contributed by atoms with Gasteiger partial charge in [-0.2, -0.15) is 5.26 Å². The summed E-state index contributed by atoms with van der Waals surface area (Å²) in [6.07, 6.45) is 2.79. The number of hydrogen-bond donors (Lipinski definition) is 2. The lowest BCUT2D eigenvalue weighted by molar-refractivity contribution is 0.102. The largest absolute Gasteiger partial charge is 0.324 e. The summed E-state index contributed by atoms with van der Waals surface area (Å²) < 4.78 is 0. The second-order valence-corrected chi connectivity index (χ2v) is 6.10. The fourth-order valence-electron chi connectivity index (χ4n) is 2.13. The molecule has 8 heteroatoms. The van der Waals surface area contributed by atoms with Crippen molar-refractivity contribution in [3.63, 3.8) is 0 Å². The number of nitriles is 1. The molecule has 0 atom stereocenters. The number of nitrogens with one attached hydrogen (secondary N) is 2. The van der Waals surface area contributed by atoms with Crippen molar-refractivity contribution in [1.29, 1.82) is 5.26 Å². The molecule has 3 aromatic rings. The molecule has 0 aliphatic rings. The Morgan fingerprint density at radius 2 is 1.69 bits per heavy atom. The molecule has 0 spiro atoms. The van der Waals surface area contributed by atoms with E-state index in [4.69, 9.17) is 28.5 Å². The van der Waals surface area contributed by atoms with Crippen molar-refractivity contribution in [2.24, 2.45) is 0 Å². The van der Waals surface area contributed by atoms with Gasteiger partial charge in [-0.05, 0) is 36.4 Å². The zero-order valence-corrected chi connectivity index (χ0v) is 14.7. The first kappa shape index (κ1) is 17.7. The highest BCUT2D eigenvalue weighted by Crippen LogP contribution is 2.24. The smallest absolute Gasteiger partial charge is 0.258 e. The maximum Gasteiger partial charge on any atom is 0.258 e. The molecule has 0 saturated carbocycles. The van der Waals surface area contributed by atoms with Gasteiger partial charge in [0, 0.05) is 33.8 Å². The summed E-state index contributed by atoms with van der Waals surface area (Å²) in [5.41, 5.74) is 1.89. The van der Waals surface area contributed by atoms with Gasteiger partial charge in [0.25, 0.3) is 5.91 Å². The quantitative estimate of drug-likeness (QED) is 0.683. The van der Waals surface area contributed by atoms with Gasteiger partial charge in [-0.3, -0.25) is 4.79 Å². The Morgan fingerprint density at radius 1 is 1.00 bits per heavy atom. The summed E-state index contributed by atoms with van der Waals surface area (Å²) >= 11 is 11.9. The summed E-state index contributed by atoms with van der Waals surface area (Å²) in [6.45, 7) is 0. The van der Waals surface area contributed by atoms with Gasteiger partial charge in [-0.25, -0.2) is 9.97 Å². The minimum atomic E-state index is -0.377. The van der Waals surface area contributed by atoms with Gasteiger partial charge in [0.05, 0.1) is 17.2 Å². The molecule has 2 N–H and O–H groups in total. The number of carbonyl (C=O) groups is 1. The molecule has 0 saturated heterocycles. The van der Waals surface area contributed by atoms with E-state index in [0.717, 1.165) is 0 Å². The van der Waals surface area contributed by atoms with Crippen molar-refractivity contribution in [2.45, 2.75) is 0 Å². The number of anilines is 3. The van der Waals surface area contributed by atoms with Gasteiger partial charge >= 0.3 is 0 Å². The Balaban J connectivity index is 1.70. The molecule has 128 valence electrons. The molecule has 1 amide bonds. The molecule has 3 rings (SSSR count). The lowest BCUT2D eigenvalue weighted by Gasteiger charge is -2.07. The van der Waals surface area contributed by atoms with Crippen LogP contribution in [0.25, 0.3) is 0 Å². The first-order chi connectivity index (χ1) is 12.5. The molecular formula is C18H11Cl2N5O. The van der Waals surface area contributed by atoms with E-state index in [2.05, 4.69) is 20.6 Å². The van der Waals surface area contributed by atoms with Crippen LogP contribution in [0, 0.1) is 11.3 Å². The molecule has 6 nitrogen and oxygen atoms in total. The topological polar surface area (TPSA) is 90.7 Å². The van der Waals surface area contributed by atoms with E-state index in [1.54, 1.807) is 42.5 Å². The van der Waals surface area contributed by atoms with E-state index in [0.29, 0.717) is 32.9 Å². The third kappa shape index (κ3) is 4.48. The van der Waals surface area contributed by atoms with Crippen molar-refractivity contribution >= 4 is 46.4 Å². The van der Waals surface area contributed by atoms with E-state index in [1.165, 1.54) is 12.4 Å². The van der Waals surface area contributed by atoms with Gasteiger partial charge in [0.1, 0.15) is 0 Å². The Morgan fingerprint density at radius 3 is 2.35 bits per heavy atom. The van der Waals surface area contributed by atoms with E-state index in [-0.39, 0.29) is 11.5 Å². The molecule has 0 aliphatic carbocycles. The Hall–Kier alpha value is -3.14. The molecule has 1 heterocycles. The SMILES string of the molecule is N#Cc1cccc(NC(=O)c2cnc(Nc3cc(Cl)cc(Cl)c3)nc2)c1. The van der Waals surface area contributed by atoms with E-state index in [9.17, 15) is 4.79 Å². The molecule has 0 radical (unpaired) electrons. The molecule has 1 aromatic heterocycles. The number of halogens is 2. The van der Waals surface area contributed by atoms with Gasteiger partial charge < -0.3 is 10.6 Å². The predicted molar refractivity (Wildman–Crippen MR) is 101 cm³/mol. The van der Waals surface area contributed by atoms with Crippen LogP contribution in [-0.4, -0.2) is 15.9 Å². The predicted octanol–water partition coefficient (Wildman–Crippen LogP) is 4.65. The zero-order chi connectivity index (χ0) is 18.5. The standard InChI is InChI=1S/C18H11Cl2N5O/c19-13-5-14(20)7-16(6-13)25-18-22-9-12(10-23-18)17(26)24-15-3-1-2-11(4-15)8-21/h1-7,9-10H,(H,24,26)(H,22,23,25). The first-order valence-corrected chi connectivity index (χ1v) is 8.16. The molecule has 0 bridgehead atoms. The zero-order valence-electron chi connectivity index (χ0n) is 13.2. The van der Waals surface area contributed by atoms with Gasteiger partial charge in [-0.15, -0.1) is 0 Å². The Kier molecular flexibility index (Phi) is 5.32. The molecule has 0 aliphatic heterocycles. The van der Waals surface area contributed by atoms with Crippen LogP contribution >= 0.6 is 23.2 Å². The van der Waals surface area contributed by atoms with Crippen LogP contribution in [0.4, 0.5) is 17.3 Å². The highest BCUT2D eigenvalue weighted by Gasteiger charge is 2.09. The minimum Gasteiger partial charge on any atom is -0.324 e. The second-order valence-electron chi connectivity index (χ2n) is 5.23. The monoisotopic (exact) mass is 383 g/mol. The van der Waals surface area contributed by atoms with E-state index in [1.807, 2.05) is 6.07 Å². The molecule has 26 heavy (non-hydrogen) atoms. The van der Waals surface area contributed by atoms with Crippen LogP contribution in [0.1, 0.15) is 15.9 Å². The number of carbonyl (C=O) groups excluding carboxylic acids is 1. The fourth-order valence-corrected chi connectivity index (χ4v) is 2.66. The molecule has 0 fully saturated rings. The van der Waals surface area contributed by atoms with E-state index < -0.39 is 0 Å². The number of amides is 1. The van der Waals surface area contributed by atoms with Gasteiger partial charge in [0.2, 0.25) is 5.95 Å². The van der Waals surface area contributed by atoms with Crippen molar-refractivity contribution in [3.05, 3.63) is 76.0 Å². The van der Waals surface area contributed by atoms with Crippen molar-refractivity contribution in [1.82, 2.24) is 9.97 Å². The summed E-state index contributed by atoms with van der Waals surface area (Å²) in [7, 11) is 0. The number of benzene rings is 2. The molecular weight excluding hydrogens is 373 g/mol. The van der Waals surface area contributed by atoms with Crippen LogP contribution in [0.2, 0.25) is 10.0 Å². The molecule has 2 aromatic carbocycles. The normalized spacial score (nSPS) is 10.0. The second kappa shape index (κ2) is 7.83. The third-order valence-corrected chi connectivity index (χ3v) is 3.72. The summed E-state index contributed by atoms with van der Waals surface area (Å²) in [5, 5.41) is 15.5. The Labute approximate surface area is 159 Å². The first-order valence-electron chi connectivity index (χ1n) is 7.40. The van der Waals surface area contributed by atoms with E-state index >= 15 is 0 Å². The maximum atomic E-state index is 12.2. The number of hydrogen-bond acceptors (Lipinski definition) is 5. The highest BCUT2D eigenvalue weighted by molar-refractivity contribution is 6.35. The average molecular weight is 384 g/mol. The summed E-state index contributed by atoms with van der Waals surface area (Å²) in [6, 6.07) is 13.6. The van der Waals surface area contributed by atoms with Crippen molar-refractivity contribution in [3.8, 4) is 6.07 Å². The number of aromatic nitrogens is 2. The maximum absolute atomic E-state index is 12.2. The van der Waals surface area contributed by atoms with Crippen LogP contribution < -0.4 is 10.6 Å². The molecule has 0 unspecified atom stereocenters. The minimum absolute atomic E-state index is 0.280. The van der Waals surface area contributed by atoms with Crippen LogP contribution in [-0.2, 0) is 0 Å². The van der Waals surface area contributed by atoms with Crippen LogP contribution in [0.15, 0.2) is 54.9 Å². The summed E-state index contributed by atoms with van der Waals surface area (Å²) in [4.78, 5) is 20.5. The average Bonchev–Trinajstić information content (AvgIpc) is 2.61. The highest BCUT2D eigenvalue weighted by atomic mass is 35.5. The number of nitrogens with zero attached hydrogens (tertiary/aromatic N) is 3. The third-order valence-electron chi connectivity index (χ3n) is 3.28. The summed E-state index contributed by atoms with van der Waals surface area (Å²) in [5.74, 6) is -0.0798. The van der Waals surface area contributed by atoms with Crippen LogP contribution in [0.5, 0.6) is 0 Å². The fraction of sp³-hybridized carbons (Fsp3) is 0. The van der Waals surface area contributed by atoms with Crippen molar-refractivity contribution < 1.29 is 4.79 Å². The van der Waals surface area contributed by atoms with Gasteiger partial charge in [-0.1, -0.05) is 29.3 Å². The lowest BCUT2D eigenvalue weighted by Crippen LogP contribution is -2.13. The van der Waals surface area contributed by atoms with Gasteiger partial charge in [0.15, 0.2) is 0 Å².